The van der Waals surface area contributed by atoms with Crippen molar-refractivity contribution < 1.29 is 24.2 Å². The lowest BCUT2D eigenvalue weighted by atomic mass is 10.1. The monoisotopic (exact) mass is 320 g/mol. The maximum absolute atomic E-state index is 12.3. The van der Waals surface area contributed by atoms with E-state index < -0.39 is 24.0 Å². The molecular formula is C16H20N2O5. The SMILES string of the molecule is CCC(NC(=O)CN1C(=O)C(C)Oc2ccc(C)cc21)C(=O)O. The number of carbonyl (C=O) groups excluding carboxylic acids is 2. The second-order valence-electron chi connectivity index (χ2n) is 5.52. The molecular weight excluding hydrogens is 300 g/mol. The third kappa shape index (κ3) is 3.61. The molecule has 2 N–H and O–H groups in total. The summed E-state index contributed by atoms with van der Waals surface area (Å²) in [4.78, 5) is 36.8. The van der Waals surface area contributed by atoms with Gasteiger partial charge in [-0.05, 0) is 38.0 Å². The summed E-state index contributed by atoms with van der Waals surface area (Å²) < 4.78 is 5.53. The molecule has 7 heteroatoms. The van der Waals surface area contributed by atoms with Gasteiger partial charge in [-0.15, -0.1) is 0 Å². The first-order valence-corrected chi connectivity index (χ1v) is 7.44. The molecule has 2 amide bonds. The quantitative estimate of drug-likeness (QED) is 0.846. The van der Waals surface area contributed by atoms with Gasteiger partial charge in [-0.2, -0.15) is 0 Å². The van der Waals surface area contributed by atoms with E-state index in [1.807, 2.05) is 13.0 Å². The number of aryl methyl sites for hydroxylation is 1. The highest BCUT2D eigenvalue weighted by Crippen LogP contribution is 2.34. The molecule has 2 rings (SSSR count). The molecule has 0 saturated heterocycles. The number of fused-ring (bicyclic) bond motifs is 1. The summed E-state index contributed by atoms with van der Waals surface area (Å²) >= 11 is 0. The molecule has 0 saturated carbocycles. The van der Waals surface area contributed by atoms with Gasteiger partial charge in [-0.1, -0.05) is 13.0 Å². The largest absolute Gasteiger partial charge is 0.480 e. The Balaban J connectivity index is 2.21. The van der Waals surface area contributed by atoms with Crippen LogP contribution in [-0.2, 0) is 14.4 Å². The Kier molecular flexibility index (Phi) is 4.88. The molecule has 0 bridgehead atoms. The van der Waals surface area contributed by atoms with Gasteiger partial charge in [-0.3, -0.25) is 14.5 Å². The summed E-state index contributed by atoms with van der Waals surface area (Å²) in [6.45, 7) is 4.91. The molecule has 2 atom stereocenters. The zero-order valence-corrected chi connectivity index (χ0v) is 13.3. The zero-order chi connectivity index (χ0) is 17.1. The van der Waals surface area contributed by atoms with E-state index >= 15 is 0 Å². The first kappa shape index (κ1) is 16.8. The van der Waals surface area contributed by atoms with E-state index in [2.05, 4.69) is 5.32 Å². The average molecular weight is 320 g/mol. The number of hydrogen-bond donors (Lipinski definition) is 2. The van der Waals surface area contributed by atoms with Crippen LogP contribution in [0.2, 0.25) is 0 Å². The van der Waals surface area contributed by atoms with Crippen LogP contribution in [0.3, 0.4) is 0 Å². The minimum absolute atomic E-state index is 0.243. The minimum Gasteiger partial charge on any atom is -0.480 e. The fourth-order valence-corrected chi connectivity index (χ4v) is 2.40. The number of carbonyl (C=O) groups is 3. The molecule has 0 radical (unpaired) electrons. The number of nitrogens with zero attached hydrogens (tertiary/aromatic N) is 1. The first-order valence-electron chi connectivity index (χ1n) is 7.44. The molecule has 0 aliphatic carbocycles. The molecule has 2 unspecified atom stereocenters. The number of amides is 2. The molecule has 23 heavy (non-hydrogen) atoms. The Morgan fingerprint density at radius 2 is 2.13 bits per heavy atom. The summed E-state index contributed by atoms with van der Waals surface area (Å²) in [6, 6.07) is 4.41. The van der Waals surface area contributed by atoms with E-state index in [0.29, 0.717) is 11.4 Å². The molecule has 0 aromatic heterocycles. The second kappa shape index (κ2) is 6.68. The van der Waals surface area contributed by atoms with Crippen molar-refractivity contribution in [3.8, 4) is 5.75 Å². The van der Waals surface area contributed by atoms with E-state index in [0.717, 1.165) is 5.56 Å². The fourth-order valence-electron chi connectivity index (χ4n) is 2.40. The summed E-state index contributed by atoms with van der Waals surface area (Å²) in [5.41, 5.74) is 1.45. The lowest BCUT2D eigenvalue weighted by molar-refractivity contribution is -0.141. The van der Waals surface area contributed by atoms with Gasteiger partial charge < -0.3 is 15.2 Å². The van der Waals surface area contributed by atoms with Crippen LogP contribution in [0.15, 0.2) is 18.2 Å². The fraction of sp³-hybridized carbons (Fsp3) is 0.438. The number of aliphatic carboxylic acids is 1. The van der Waals surface area contributed by atoms with Crippen LogP contribution in [0.1, 0.15) is 25.8 Å². The van der Waals surface area contributed by atoms with E-state index in [4.69, 9.17) is 9.84 Å². The lowest BCUT2D eigenvalue weighted by Gasteiger charge is -2.33. The van der Waals surface area contributed by atoms with Crippen LogP contribution in [0, 0.1) is 6.92 Å². The highest BCUT2D eigenvalue weighted by molar-refractivity contribution is 6.04. The summed E-state index contributed by atoms with van der Waals surface area (Å²) in [6.07, 6.45) is -0.427. The average Bonchev–Trinajstić information content (AvgIpc) is 2.50. The maximum Gasteiger partial charge on any atom is 0.326 e. The Labute approximate surface area is 134 Å². The van der Waals surface area contributed by atoms with Crippen LogP contribution < -0.4 is 15.0 Å². The lowest BCUT2D eigenvalue weighted by Crippen LogP contribution is -2.51. The van der Waals surface area contributed by atoms with Crippen molar-refractivity contribution in [3.63, 3.8) is 0 Å². The highest BCUT2D eigenvalue weighted by atomic mass is 16.5. The number of ether oxygens (including phenoxy) is 1. The predicted molar refractivity (Wildman–Crippen MR) is 83.5 cm³/mol. The number of anilines is 1. The molecule has 1 aromatic carbocycles. The topological polar surface area (TPSA) is 95.9 Å². The number of hydrogen-bond acceptors (Lipinski definition) is 4. The number of rotatable bonds is 5. The number of benzene rings is 1. The van der Waals surface area contributed by atoms with Crippen molar-refractivity contribution in [1.82, 2.24) is 5.32 Å². The summed E-state index contributed by atoms with van der Waals surface area (Å²) in [5.74, 6) is -1.42. The van der Waals surface area contributed by atoms with Crippen molar-refractivity contribution in [2.75, 3.05) is 11.4 Å². The van der Waals surface area contributed by atoms with Crippen LogP contribution >= 0.6 is 0 Å². The summed E-state index contributed by atoms with van der Waals surface area (Å²) in [7, 11) is 0. The third-order valence-corrected chi connectivity index (χ3v) is 3.67. The van der Waals surface area contributed by atoms with Crippen LogP contribution in [0.5, 0.6) is 5.75 Å². The van der Waals surface area contributed by atoms with Gasteiger partial charge >= 0.3 is 5.97 Å². The molecule has 1 aliphatic heterocycles. The van der Waals surface area contributed by atoms with Gasteiger partial charge in [0.25, 0.3) is 5.91 Å². The zero-order valence-electron chi connectivity index (χ0n) is 13.3. The van der Waals surface area contributed by atoms with Gasteiger partial charge in [0.15, 0.2) is 6.10 Å². The van der Waals surface area contributed by atoms with E-state index in [9.17, 15) is 14.4 Å². The third-order valence-electron chi connectivity index (χ3n) is 3.67. The smallest absolute Gasteiger partial charge is 0.326 e. The first-order chi connectivity index (χ1) is 10.8. The normalized spacial score (nSPS) is 18.0. The number of carboxylic acids is 1. The summed E-state index contributed by atoms with van der Waals surface area (Å²) in [5, 5.41) is 11.4. The number of nitrogens with one attached hydrogen (secondary N) is 1. The maximum atomic E-state index is 12.3. The van der Waals surface area contributed by atoms with E-state index in [1.54, 1.807) is 26.0 Å². The Bertz CT molecular complexity index is 643. The molecule has 1 aliphatic rings. The van der Waals surface area contributed by atoms with Crippen molar-refractivity contribution in [3.05, 3.63) is 23.8 Å². The number of carboxylic acid groups (broad SMARTS) is 1. The van der Waals surface area contributed by atoms with Gasteiger partial charge in [0.2, 0.25) is 5.91 Å². The van der Waals surface area contributed by atoms with Gasteiger partial charge in [0, 0.05) is 0 Å². The standard InChI is InChI=1S/C16H20N2O5/c1-4-11(16(21)22)17-14(19)8-18-12-7-9(2)5-6-13(12)23-10(3)15(18)20/h5-7,10-11H,4,8H2,1-3H3,(H,17,19)(H,21,22). The van der Waals surface area contributed by atoms with Crippen LogP contribution in [0.4, 0.5) is 5.69 Å². The van der Waals surface area contributed by atoms with Crippen molar-refractivity contribution in [2.24, 2.45) is 0 Å². The van der Waals surface area contributed by atoms with Gasteiger partial charge in [-0.25, -0.2) is 4.79 Å². The Hall–Kier alpha value is -2.57. The molecule has 1 heterocycles. The second-order valence-corrected chi connectivity index (χ2v) is 5.52. The van der Waals surface area contributed by atoms with E-state index in [-0.39, 0.29) is 18.9 Å². The Morgan fingerprint density at radius 3 is 2.74 bits per heavy atom. The van der Waals surface area contributed by atoms with Crippen molar-refractivity contribution in [1.29, 1.82) is 0 Å². The van der Waals surface area contributed by atoms with Gasteiger partial charge in [0.05, 0.1) is 5.69 Å². The van der Waals surface area contributed by atoms with Crippen LogP contribution in [-0.4, -0.2) is 41.6 Å². The van der Waals surface area contributed by atoms with Crippen molar-refractivity contribution >= 4 is 23.5 Å². The molecule has 124 valence electrons. The molecule has 7 nitrogen and oxygen atoms in total. The molecule has 1 aromatic rings. The Morgan fingerprint density at radius 1 is 1.43 bits per heavy atom. The highest BCUT2D eigenvalue weighted by Gasteiger charge is 2.33. The van der Waals surface area contributed by atoms with E-state index in [1.165, 1.54) is 4.90 Å². The van der Waals surface area contributed by atoms with Crippen molar-refractivity contribution in [2.45, 2.75) is 39.3 Å². The van der Waals surface area contributed by atoms with Crippen LogP contribution in [0.25, 0.3) is 0 Å². The molecule has 0 spiro atoms. The van der Waals surface area contributed by atoms with Gasteiger partial charge in [0.1, 0.15) is 18.3 Å². The molecule has 0 fully saturated rings. The predicted octanol–water partition coefficient (Wildman–Crippen LogP) is 1.09. The minimum atomic E-state index is -1.10.